The SMILES string of the molecule is CC(C)OC(=O)CSc1ncc(CO)n1C. The minimum absolute atomic E-state index is 0.0551. The Bertz CT molecular complexity index is 363. The van der Waals surface area contributed by atoms with Crippen LogP contribution in [0.1, 0.15) is 19.5 Å². The van der Waals surface area contributed by atoms with Gasteiger partial charge in [0.1, 0.15) is 0 Å². The lowest BCUT2D eigenvalue weighted by atomic mass is 10.5. The molecule has 0 bridgehead atoms. The van der Waals surface area contributed by atoms with Gasteiger partial charge in [-0.3, -0.25) is 4.79 Å². The highest BCUT2D eigenvalue weighted by Gasteiger charge is 2.10. The zero-order chi connectivity index (χ0) is 12.1. The van der Waals surface area contributed by atoms with E-state index in [1.165, 1.54) is 11.8 Å². The number of nitrogens with zero attached hydrogens (tertiary/aromatic N) is 2. The van der Waals surface area contributed by atoms with Gasteiger partial charge in [-0.25, -0.2) is 4.98 Å². The van der Waals surface area contributed by atoms with Crippen LogP contribution in [-0.2, 0) is 23.2 Å². The average Bonchev–Trinajstić information content (AvgIpc) is 2.55. The maximum absolute atomic E-state index is 11.3. The maximum atomic E-state index is 11.3. The molecule has 90 valence electrons. The summed E-state index contributed by atoms with van der Waals surface area (Å²) in [6, 6.07) is 0. The summed E-state index contributed by atoms with van der Waals surface area (Å²) < 4.78 is 6.76. The third kappa shape index (κ3) is 3.53. The fraction of sp³-hybridized carbons (Fsp3) is 0.600. The number of thioether (sulfide) groups is 1. The summed E-state index contributed by atoms with van der Waals surface area (Å²) in [5, 5.41) is 9.67. The first-order valence-electron chi connectivity index (χ1n) is 4.98. The van der Waals surface area contributed by atoms with E-state index < -0.39 is 0 Å². The van der Waals surface area contributed by atoms with Gasteiger partial charge in [0.05, 0.1) is 30.4 Å². The van der Waals surface area contributed by atoms with Crippen molar-refractivity contribution in [2.45, 2.75) is 31.7 Å². The lowest BCUT2D eigenvalue weighted by Crippen LogP contribution is -2.13. The number of aromatic nitrogens is 2. The van der Waals surface area contributed by atoms with E-state index in [1.54, 1.807) is 17.8 Å². The molecular formula is C10H16N2O3S. The Hall–Kier alpha value is -1.01. The molecule has 0 aliphatic rings. The van der Waals surface area contributed by atoms with E-state index in [1.807, 2.05) is 13.8 Å². The Balaban J connectivity index is 2.48. The first-order chi connectivity index (χ1) is 7.54. The predicted molar refractivity (Wildman–Crippen MR) is 61.1 cm³/mol. The number of carbonyl (C=O) groups is 1. The summed E-state index contributed by atoms with van der Waals surface area (Å²) in [5.41, 5.74) is 0.722. The van der Waals surface area contributed by atoms with Gasteiger partial charge in [0, 0.05) is 7.05 Å². The number of imidazole rings is 1. The molecule has 16 heavy (non-hydrogen) atoms. The molecule has 0 aliphatic heterocycles. The van der Waals surface area contributed by atoms with Crippen molar-refractivity contribution in [3.05, 3.63) is 11.9 Å². The van der Waals surface area contributed by atoms with E-state index in [0.717, 1.165) is 5.69 Å². The van der Waals surface area contributed by atoms with Crippen molar-refractivity contribution in [1.82, 2.24) is 9.55 Å². The molecule has 1 heterocycles. The van der Waals surface area contributed by atoms with Gasteiger partial charge >= 0.3 is 5.97 Å². The van der Waals surface area contributed by atoms with Crippen LogP contribution in [0.5, 0.6) is 0 Å². The van der Waals surface area contributed by atoms with Crippen molar-refractivity contribution in [3.8, 4) is 0 Å². The van der Waals surface area contributed by atoms with E-state index in [-0.39, 0.29) is 24.4 Å². The minimum atomic E-state index is -0.256. The molecule has 6 heteroatoms. The second kappa shape index (κ2) is 5.91. The van der Waals surface area contributed by atoms with E-state index >= 15 is 0 Å². The van der Waals surface area contributed by atoms with Crippen molar-refractivity contribution < 1.29 is 14.6 Å². The van der Waals surface area contributed by atoms with E-state index in [0.29, 0.717) is 5.16 Å². The van der Waals surface area contributed by atoms with Crippen LogP contribution in [0.4, 0.5) is 0 Å². The Morgan fingerprint density at radius 2 is 2.38 bits per heavy atom. The zero-order valence-electron chi connectivity index (χ0n) is 9.64. The highest BCUT2D eigenvalue weighted by Crippen LogP contribution is 2.17. The summed E-state index contributed by atoms with van der Waals surface area (Å²) >= 11 is 1.30. The molecule has 1 N–H and O–H groups in total. The molecule has 5 nitrogen and oxygen atoms in total. The molecule has 0 spiro atoms. The monoisotopic (exact) mass is 244 g/mol. The molecule has 1 aromatic heterocycles. The highest BCUT2D eigenvalue weighted by atomic mass is 32.2. The van der Waals surface area contributed by atoms with Gasteiger partial charge in [-0.1, -0.05) is 11.8 Å². The lowest BCUT2D eigenvalue weighted by Gasteiger charge is -2.07. The van der Waals surface area contributed by atoms with E-state index in [9.17, 15) is 4.79 Å². The van der Waals surface area contributed by atoms with Gasteiger partial charge in [0.25, 0.3) is 0 Å². The third-order valence-corrected chi connectivity index (χ3v) is 2.91. The number of hydrogen-bond acceptors (Lipinski definition) is 5. The smallest absolute Gasteiger partial charge is 0.316 e. The van der Waals surface area contributed by atoms with Crippen LogP contribution < -0.4 is 0 Å². The van der Waals surface area contributed by atoms with Crippen LogP contribution in [0.15, 0.2) is 11.4 Å². The second-order valence-electron chi connectivity index (χ2n) is 3.58. The summed E-state index contributed by atoms with van der Waals surface area (Å²) in [6.45, 7) is 3.57. The molecule has 0 radical (unpaired) electrons. The normalized spacial score (nSPS) is 10.8. The van der Waals surface area contributed by atoms with Crippen LogP contribution >= 0.6 is 11.8 Å². The van der Waals surface area contributed by atoms with Crippen LogP contribution in [0.3, 0.4) is 0 Å². The number of aliphatic hydroxyl groups is 1. The summed E-state index contributed by atoms with van der Waals surface area (Å²) in [6.07, 6.45) is 1.50. The van der Waals surface area contributed by atoms with Crippen LogP contribution in [0.2, 0.25) is 0 Å². The largest absolute Gasteiger partial charge is 0.462 e. The minimum Gasteiger partial charge on any atom is -0.462 e. The van der Waals surface area contributed by atoms with Crippen molar-refractivity contribution in [2.24, 2.45) is 7.05 Å². The Morgan fingerprint density at radius 3 is 2.88 bits per heavy atom. The van der Waals surface area contributed by atoms with Crippen molar-refractivity contribution >= 4 is 17.7 Å². The standard InChI is InChI=1S/C10H16N2O3S/c1-7(2)15-9(14)6-16-10-11-4-8(5-13)12(10)3/h4,7,13H,5-6H2,1-3H3. The lowest BCUT2D eigenvalue weighted by molar-refractivity contribution is -0.144. The fourth-order valence-corrected chi connectivity index (χ4v) is 1.88. The molecule has 1 aromatic rings. The molecule has 1 rings (SSSR count). The van der Waals surface area contributed by atoms with Crippen LogP contribution in [-0.4, -0.2) is 32.5 Å². The first kappa shape index (κ1) is 13.1. The van der Waals surface area contributed by atoms with Crippen LogP contribution in [0, 0.1) is 0 Å². The third-order valence-electron chi connectivity index (χ3n) is 1.89. The Morgan fingerprint density at radius 1 is 1.69 bits per heavy atom. The molecule has 0 saturated heterocycles. The van der Waals surface area contributed by atoms with Gasteiger partial charge in [-0.05, 0) is 13.8 Å². The molecule has 0 aromatic carbocycles. The molecule has 0 amide bonds. The first-order valence-corrected chi connectivity index (χ1v) is 5.97. The molecular weight excluding hydrogens is 228 g/mol. The quantitative estimate of drug-likeness (QED) is 0.617. The number of aliphatic hydroxyl groups excluding tert-OH is 1. The zero-order valence-corrected chi connectivity index (χ0v) is 10.5. The van der Waals surface area contributed by atoms with Crippen molar-refractivity contribution in [1.29, 1.82) is 0 Å². The number of rotatable bonds is 5. The van der Waals surface area contributed by atoms with Gasteiger partial charge in [-0.2, -0.15) is 0 Å². The van der Waals surface area contributed by atoms with Crippen molar-refractivity contribution in [2.75, 3.05) is 5.75 Å². The molecule has 0 unspecified atom stereocenters. The second-order valence-corrected chi connectivity index (χ2v) is 4.52. The fourth-order valence-electron chi connectivity index (χ4n) is 1.13. The van der Waals surface area contributed by atoms with Gasteiger partial charge in [-0.15, -0.1) is 0 Å². The number of hydrogen-bond donors (Lipinski definition) is 1. The maximum Gasteiger partial charge on any atom is 0.316 e. The van der Waals surface area contributed by atoms with Crippen molar-refractivity contribution in [3.63, 3.8) is 0 Å². The number of carbonyl (C=O) groups excluding carboxylic acids is 1. The Kier molecular flexibility index (Phi) is 4.82. The van der Waals surface area contributed by atoms with Gasteiger partial charge in [0.2, 0.25) is 0 Å². The number of esters is 1. The van der Waals surface area contributed by atoms with E-state index in [4.69, 9.17) is 9.84 Å². The average molecular weight is 244 g/mol. The topological polar surface area (TPSA) is 64.3 Å². The van der Waals surface area contributed by atoms with Crippen LogP contribution in [0.25, 0.3) is 0 Å². The predicted octanol–water partition coefficient (Wildman–Crippen LogP) is 0.956. The highest BCUT2D eigenvalue weighted by molar-refractivity contribution is 7.99. The Labute approximate surface area is 98.8 Å². The van der Waals surface area contributed by atoms with E-state index in [2.05, 4.69) is 4.98 Å². The molecule has 0 atom stereocenters. The molecule has 0 saturated carbocycles. The molecule has 0 fully saturated rings. The van der Waals surface area contributed by atoms with Gasteiger partial charge in [0.15, 0.2) is 5.16 Å². The summed E-state index contributed by atoms with van der Waals surface area (Å²) in [5.74, 6) is -0.0259. The summed E-state index contributed by atoms with van der Waals surface area (Å²) in [7, 11) is 1.80. The number of ether oxygens (including phenoxy) is 1. The summed E-state index contributed by atoms with van der Waals surface area (Å²) in [4.78, 5) is 15.4. The molecule has 0 aliphatic carbocycles. The van der Waals surface area contributed by atoms with Gasteiger partial charge < -0.3 is 14.4 Å².